The van der Waals surface area contributed by atoms with Gasteiger partial charge in [0.1, 0.15) is 47.3 Å². The van der Waals surface area contributed by atoms with Crippen LogP contribution in [0.2, 0.25) is 0 Å². The van der Waals surface area contributed by atoms with Gasteiger partial charge in [0.2, 0.25) is 0 Å². The maximum Gasteiger partial charge on any atom is 0.320 e. The second-order valence-corrected chi connectivity index (χ2v) is 17.4. The van der Waals surface area contributed by atoms with Crippen LogP contribution in [-0.2, 0) is 76.9 Å². The lowest BCUT2D eigenvalue weighted by Crippen LogP contribution is -2.32. The second-order valence-electron chi connectivity index (χ2n) is 16.3. The van der Waals surface area contributed by atoms with Crippen molar-refractivity contribution in [2.75, 3.05) is 12.3 Å². The summed E-state index contributed by atoms with van der Waals surface area (Å²) in [5, 5.41) is 37.2. The zero-order valence-corrected chi connectivity index (χ0v) is 40.6. The fourth-order valence-electron chi connectivity index (χ4n) is 5.70. The minimum absolute atomic E-state index is 0.00945. The fraction of sp³-hybridized carbons (Fsp3) is 0.353. The van der Waals surface area contributed by atoms with Crippen molar-refractivity contribution in [2.45, 2.75) is 108 Å². The maximum absolute atomic E-state index is 11.6. The Hall–Kier alpha value is -6.90. The van der Waals surface area contributed by atoms with E-state index in [1.54, 1.807) is 45.0 Å². The van der Waals surface area contributed by atoms with Gasteiger partial charge in [0, 0.05) is 23.3 Å². The van der Waals surface area contributed by atoms with Crippen molar-refractivity contribution in [3.63, 3.8) is 0 Å². The Morgan fingerprint density at radius 2 is 0.714 bits per heavy atom. The lowest BCUT2D eigenvalue weighted by Gasteiger charge is -2.07. The number of carboxylic acids is 4. The highest BCUT2D eigenvalue weighted by Crippen LogP contribution is 2.19. The van der Waals surface area contributed by atoms with Crippen LogP contribution in [0.4, 0.5) is 0 Å². The van der Waals surface area contributed by atoms with Crippen molar-refractivity contribution in [2.24, 2.45) is 22.9 Å². The summed E-state index contributed by atoms with van der Waals surface area (Å²) in [6.07, 6.45) is 3.67. The van der Waals surface area contributed by atoms with Crippen molar-refractivity contribution < 1.29 is 63.6 Å². The molecule has 0 radical (unpaired) electrons. The van der Waals surface area contributed by atoms with Crippen molar-refractivity contribution in [1.29, 1.82) is 0 Å². The predicted molar refractivity (Wildman–Crippen MR) is 265 cm³/mol. The molecule has 0 aliphatic heterocycles. The van der Waals surface area contributed by atoms with Crippen LogP contribution in [0.15, 0.2) is 102 Å². The van der Waals surface area contributed by atoms with Gasteiger partial charge in [0.05, 0.1) is 12.3 Å². The number of nitrogens with one attached hydrogen (secondary N) is 1. The number of carbonyl (C=O) groups is 9. The number of hydrogen-bond acceptors (Lipinski definition) is 14. The van der Waals surface area contributed by atoms with Crippen molar-refractivity contribution in [1.82, 2.24) is 5.32 Å². The molecule has 0 spiro atoms. The van der Waals surface area contributed by atoms with Gasteiger partial charge in [-0.05, 0) is 124 Å². The van der Waals surface area contributed by atoms with Crippen LogP contribution in [0.1, 0.15) is 84.3 Å². The molecule has 0 fully saturated rings. The van der Waals surface area contributed by atoms with Crippen LogP contribution in [0.5, 0.6) is 0 Å². The number of carbonyl (C=O) groups excluding carboxylic acids is 5. The summed E-state index contributed by atoms with van der Waals surface area (Å²) >= 11 is 1.47. The van der Waals surface area contributed by atoms with Crippen LogP contribution in [0.25, 0.3) is 0 Å². The Morgan fingerprint density at radius 1 is 0.429 bits per heavy atom. The molecule has 0 aromatic heterocycles. The molecule has 4 rings (SSSR count). The van der Waals surface area contributed by atoms with E-state index in [0.29, 0.717) is 43.4 Å². The van der Waals surface area contributed by atoms with Crippen LogP contribution in [-0.4, -0.2) is 110 Å². The molecule has 18 nitrogen and oxygen atoms in total. The number of benzene rings is 4. The standard InChI is InChI=1S/C13H16N2O4.2C13H17NO3.C12H15NO3S/c1-8(16)7-15-12(17)10-4-2-9(3-5-10)6-11(14)13(18)19;2*1-9(15)2-3-10-4-6-11(7-5-10)8-12(14)13(16)17;1-8(14)7-17-10-4-2-9(3-5-10)6-11(13)12(15)16/h2-5,11H,6-7,14H2,1H3,(H,15,17)(H,18,19);2*4-7,12H,2-3,8,14H2,1H3,(H,16,17);2-5,11H,6-7,13H2,1H3,(H,15,16). The molecular formula is C51H65N5O13S. The summed E-state index contributed by atoms with van der Waals surface area (Å²) in [7, 11) is 0. The first-order valence-electron chi connectivity index (χ1n) is 22.0. The molecule has 4 aromatic carbocycles. The van der Waals surface area contributed by atoms with E-state index in [0.717, 1.165) is 51.1 Å². The molecule has 4 aromatic rings. The molecule has 4 atom stereocenters. The molecule has 0 aliphatic carbocycles. The lowest BCUT2D eigenvalue weighted by molar-refractivity contribution is -0.139. The topological polar surface area (TPSA) is 351 Å². The summed E-state index contributed by atoms with van der Waals surface area (Å²) in [6.45, 7) is 6.06. The van der Waals surface area contributed by atoms with E-state index in [4.69, 9.17) is 43.4 Å². The molecular weight excluding hydrogens is 923 g/mol. The smallest absolute Gasteiger partial charge is 0.320 e. The molecule has 13 N–H and O–H groups in total. The number of Topliss-reactive ketones (excluding diaryl/α,β-unsaturated/α-hetero) is 4. The third kappa shape index (κ3) is 27.8. The van der Waals surface area contributed by atoms with Crippen LogP contribution < -0.4 is 28.3 Å². The van der Waals surface area contributed by atoms with Gasteiger partial charge >= 0.3 is 23.9 Å². The molecule has 0 saturated heterocycles. The van der Waals surface area contributed by atoms with Crippen LogP contribution >= 0.6 is 11.8 Å². The van der Waals surface area contributed by atoms with Gasteiger partial charge in [-0.2, -0.15) is 0 Å². The first-order valence-corrected chi connectivity index (χ1v) is 23.0. The SMILES string of the molecule is CC(=O)CCc1ccc(CC(N)C(=O)O)cc1.CC(=O)CCc1ccc(CC(N)C(=O)O)cc1.CC(=O)CNC(=O)c1ccc(CC(N)C(=O)O)cc1.CC(=O)CSc1ccc(CC(N)C(=O)O)cc1. The molecule has 378 valence electrons. The van der Waals surface area contributed by atoms with Gasteiger partial charge in [-0.25, -0.2) is 0 Å². The molecule has 0 aliphatic rings. The average molecular weight is 988 g/mol. The van der Waals surface area contributed by atoms with Gasteiger partial charge in [0.25, 0.3) is 5.91 Å². The van der Waals surface area contributed by atoms with E-state index in [-0.39, 0.29) is 42.0 Å². The number of aryl methyl sites for hydroxylation is 2. The largest absolute Gasteiger partial charge is 0.480 e. The summed E-state index contributed by atoms with van der Waals surface area (Å²) in [5.41, 5.74) is 27.7. The quantitative estimate of drug-likeness (QED) is 0.0453. The van der Waals surface area contributed by atoms with E-state index in [9.17, 15) is 43.2 Å². The Kier molecular flexibility index (Phi) is 28.6. The Bertz CT molecular complexity index is 2150. The van der Waals surface area contributed by atoms with E-state index < -0.39 is 48.0 Å². The Morgan fingerprint density at radius 3 is 0.986 bits per heavy atom. The predicted octanol–water partition coefficient (Wildman–Crippen LogP) is 3.61. The van der Waals surface area contributed by atoms with E-state index in [2.05, 4.69) is 5.32 Å². The monoisotopic (exact) mass is 987 g/mol. The van der Waals surface area contributed by atoms with E-state index in [1.165, 1.54) is 18.7 Å². The van der Waals surface area contributed by atoms with E-state index in [1.807, 2.05) is 72.8 Å². The Balaban J connectivity index is 0.000000467. The zero-order chi connectivity index (χ0) is 52.9. The molecule has 0 saturated carbocycles. The lowest BCUT2D eigenvalue weighted by atomic mass is 10.0. The number of aliphatic carboxylic acids is 4. The first kappa shape index (κ1) is 61.1. The van der Waals surface area contributed by atoms with Crippen molar-refractivity contribution in [3.05, 3.63) is 136 Å². The van der Waals surface area contributed by atoms with Gasteiger partial charge < -0.3 is 58.3 Å². The fourth-order valence-corrected chi connectivity index (χ4v) is 6.39. The molecule has 4 unspecified atom stereocenters. The zero-order valence-electron chi connectivity index (χ0n) is 39.8. The van der Waals surface area contributed by atoms with Gasteiger partial charge in [0.15, 0.2) is 0 Å². The van der Waals surface area contributed by atoms with Crippen molar-refractivity contribution >= 4 is 64.7 Å². The summed E-state index contributed by atoms with van der Waals surface area (Å²) in [5.74, 6) is -3.61. The normalized spacial score (nSPS) is 12.0. The second kappa shape index (κ2) is 32.8. The third-order valence-corrected chi connectivity index (χ3v) is 10.9. The molecule has 0 heterocycles. The van der Waals surface area contributed by atoms with Gasteiger partial charge in [-0.3, -0.25) is 33.6 Å². The number of carboxylic acid groups (broad SMARTS) is 4. The first-order chi connectivity index (χ1) is 32.9. The highest BCUT2D eigenvalue weighted by atomic mass is 32.2. The highest BCUT2D eigenvalue weighted by Gasteiger charge is 2.15. The highest BCUT2D eigenvalue weighted by molar-refractivity contribution is 8.00. The number of ketones is 4. The third-order valence-electron chi connectivity index (χ3n) is 9.75. The van der Waals surface area contributed by atoms with Gasteiger partial charge in [-0.1, -0.05) is 72.8 Å². The number of nitrogens with two attached hydrogens (primary N) is 4. The summed E-state index contributed by atoms with van der Waals surface area (Å²) in [4.78, 5) is 98.1. The van der Waals surface area contributed by atoms with E-state index >= 15 is 0 Å². The number of rotatable bonds is 24. The van der Waals surface area contributed by atoms with Crippen LogP contribution in [0.3, 0.4) is 0 Å². The minimum Gasteiger partial charge on any atom is -0.480 e. The van der Waals surface area contributed by atoms with Crippen LogP contribution in [0, 0.1) is 0 Å². The number of amides is 1. The molecule has 19 heteroatoms. The number of hydrogen-bond donors (Lipinski definition) is 9. The average Bonchev–Trinajstić information content (AvgIpc) is 3.30. The Labute approximate surface area is 411 Å². The molecule has 70 heavy (non-hydrogen) atoms. The van der Waals surface area contributed by atoms with Gasteiger partial charge in [-0.15, -0.1) is 11.8 Å². The molecule has 0 bridgehead atoms. The minimum atomic E-state index is -1.07. The molecule has 1 amide bonds. The number of thioether (sulfide) groups is 1. The summed E-state index contributed by atoms with van der Waals surface area (Å²) in [6, 6.07) is 25.4. The van der Waals surface area contributed by atoms with Crippen molar-refractivity contribution in [3.8, 4) is 0 Å². The maximum atomic E-state index is 11.6. The summed E-state index contributed by atoms with van der Waals surface area (Å²) < 4.78 is 0.